The fourth-order valence-corrected chi connectivity index (χ4v) is 16.9. The quantitative estimate of drug-likeness (QED) is 0.0585. The van der Waals surface area contributed by atoms with Gasteiger partial charge in [-0.05, 0) is 150 Å². The molecule has 2 aliphatic rings. The smallest absolute Gasteiger partial charge is 0.135 e. The highest BCUT2D eigenvalue weighted by Gasteiger charge is 2.33. The summed E-state index contributed by atoms with van der Waals surface area (Å²) in [7, 11) is 10.8. The molecule has 0 aromatic carbocycles. The van der Waals surface area contributed by atoms with Crippen LogP contribution in [0.5, 0.6) is 0 Å². The van der Waals surface area contributed by atoms with Gasteiger partial charge in [0.1, 0.15) is 6.67 Å². The molecule has 0 aliphatic carbocycles. The molecule has 6 aromatic heterocycles. The van der Waals surface area contributed by atoms with Crippen LogP contribution in [0.25, 0.3) is 48.8 Å². The Morgan fingerprint density at radius 1 is 0.677 bits per heavy atom. The molecule has 2 aliphatic heterocycles. The summed E-state index contributed by atoms with van der Waals surface area (Å²) in [5.74, 6) is 0. The maximum atomic E-state index is 4.67. The fraction of sp³-hybridized carbons (Fsp3) is 0.451. The summed E-state index contributed by atoms with van der Waals surface area (Å²) in [5.41, 5.74) is 5.75. The molecule has 8 heterocycles. The van der Waals surface area contributed by atoms with Crippen LogP contribution in [0.2, 0.25) is 0 Å². The Morgan fingerprint density at radius 2 is 1.37 bits per heavy atom. The van der Waals surface area contributed by atoms with Gasteiger partial charge >= 0.3 is 0 Å². The van der Waals surface area contributed by atoms with Gasteiger partial charge in [-0.15, -0.1) is 68.0 Å². The van der Waals surface area contributed by atoms with Crippen LogP contribution in [-0.4, -0.2) is 145 Å². The number of thioether (sulfide) groups is 1. The van der Waals surface area contributed by atoms with Crippen LogP contribution in [0, 0.1) is 0 Å². The zero-order valence-electron chi connectivity index (χ0n) is 39.3. The number of nitrogens with zero attached hydrogens (tertiary/aromatic N) is 5. The Kier molecular flexibility index (Phi) is 17.3. The van der Waals surface area contributed by atoms with E-state index in [9.17, 15) is 0 Å². The van der Waals surface area contributed by atoms with Gasteiger partial charge in [0.05, 0.1) is 32.8 Å². The molecule has 7 nitrogen and oxygen atoms in total. The second-order valence-corrected chi connectivity index (χ2v) is 25.2. The van der Waals surface area contributed by atoms with Crippen molar-refractivity contribution in [1.82, 2.24) is 30.2 Å². The molecule has 1 atom stereocenters. The molecule has 0 spiro atoms. The molecule has 8 rings (SSSR count). The first-order valence-electron chi connectivity index (χ1n) is 23.1. The van der Waals surface area contributed by atoms with E-state index < -0.39 is 0 Å². The number of thiophene rings is 6. The first-order chi connectivity index (χ1) is 31.5. The SMILES string of the molecule is C=C(SC(=C)c1sc(-c2ccc(-c3cc(CC[N+]4(CC)CCN(C)C4)c(-c4ccc(-c5sccc5CCN5CCN(C)C5)s4)s3)s2)cc1CCNC)c1sccc1CCN(C)CCNC. The minimum Gasteiger partial charge on any atom is -0.319 e. The monoisotopic (exact) mass is 1000 g/mol. The Morgan fingerprint density at radius 3 is 2.09 bits per heavy atom. The van der Waals surface area contributed by atoms with Crippen LogP contribution >= 0.6 is 79.8 Å². The van der Waals surface area contributed by atoms with E-state index in [4.69, 9.17) is 0 Å². The lowest BCUT2D eigenvalue weighted by Crippen LogP contribution is -2.48. The van der Waals surface area contributed by atoms with Crippen LogP contribution in [0.15, 0.2) is 72.4 Å². The van der Waals surface area contributed by atoms with Gasteiger partial charge in [0, 0.05) is 104 Å². The van der Waals surface area contributed by atoms with Crippen LogP contribution < -0.4 is 10.6 Å². The summed E-state index contributed by atoms with van der Waals surface area (Å²) in [6.45, 7) is 26.2. The Hall–Kier alpha value is -2.25. The minimum absolute atomic E-state index is 0.928. The average molecular weight is 1000 g/mol. The molecule has 0 radical (unpaired) electrons. The number of hydrogen-bond acceptors (Lipinski definition) is 13. The third-order valence-corrected chi connectivity index (χ3v) is 21.6. The summed E-state index contributed by atoms with van der Waals surface area (Å²) in [6, 6.07) is 19.2. The molecule has 0 bridgehead atoms. The predicted octanol–water partition coefficient (Wildman–Crippen LogP) is 11.6. The van der Waals surface area contributed by atoms with Crippen molar-refractivity contribution in [1.29, 1.82) is 0 Å². The van der Waals surface area contributed by atoms with E-state index in [2.05, 4.69) is 131 Å². The Bertz CT molecular complexity index is 2500. The van der Waals surface area contributed by atoms with Gasteiger partial charge in [0.2, 0.25) is 0 Å². The Labute approximate surface area is 417 Å². The van der Waals surface area contributed by atoms with Gasteiger partial charge in [-0.3, -0.25) is 14.7 Å². The summed E-state index contributed by atoms with van der Waals surface area (Å²) in [6.07, 6.45) is 4.19. The van der Waals surface area contributed by atoms with E-state index in [1.165, 1.54) is 115 Å². The first kappa shape index (κ1) is 49.2. The highest BCUT2D eigenvalue weighted by atomic mass is 32.2. The lowest BCUT2D eigenvalue weighted by atomic mass is 10.1. The van der Waals surface area contributed by atoms with Crippen LogP contribution in [0.1, 0.15) is 38.9 Å². The Balaban J connectivity index is 1.03. The maximum Gasteiger partial charge on any atom is 0.135 e. The normalized spacial score (nSPS) is 17.4. The molecule has 14 heteroatoms. The van der Waals surface area contributed by atoms with E-state index in [0.717, 1.165) is 81.6 Å². The molecule has 0 saturated carbocycles. The van der Waals surface area contributed by atoms with Gasteiger partial charge < -0.3 is 20.0 Å². The van der Waals surface area contributed by atoms with Crippen LogP contribution in [0.4, 0.5) is 0 Å². The summed E-state index contributed by atoms with van der Waals surface area (Å²) >= 11 is 13.3. The van der Waals surface area contributed by atoms with Crippen molar-refractivity contribution >= 4 is 89.6 Å². The van der Waals surface area contributed by atoms with E-state index in [1.54, 1.807) is 23.1 Å². The van der Waals surface area contributed by atoms with Crippen molar-refractivity contribution in [3.63, 3.8) is 0 Å². The second-order valence-electron chi connectivity index (χ2n) is 17.9. The minimum atomic E-state index is 0.928. The van der Waals surface area contributed by atoms with Crippen molar-refractivity contribution in [3.05, 3.63) is 104 Å². The molecule has 2 fully saturated rings. The van der Waals surface area contributed by atoms with Crippen molar-refractivity contribution < 1.29 is 4.48 Å². The summed E-state index contributed by atoms with van der Waals surface area (Å²) < 4.78 is 1.18. The van der Waals surface area contributed by atoms with Crippen molar-refractivity contribution in [2.45, 2.75) is 32.6 Å². The lowest BCUT2D eigenvalue weighted by molar-refractivity contribution is -0.918. The van der Waals surface area contributed by atoms with E-state index >= 15 is 0 Å². The number of quaternary nitrogens is 1. The summed E-state index contributed by atoms with van der Waals surface area (Å²) in [4.78, 5) is 25.8. The van der Waals surface area contributed by atoms with Crippen molar-refractivity contribution in [2.24, 2.45) is 0 Å². The predicted molar refractivity (Wildman–Crippen MR) is 295 cm³/mol. The highest BCUT2D eigenvalue weighted by Crippen LogP contribution is 2.49. The van der Waals surface area contributed by atoms with Gasteiger partial charge in [-0.2, -0.15) is 0 Å². The summed E-state index contributed by atoms with van der Waals surface area (Å²) in [5, 5.41) is 11.2. The molecule has 1 unspecified atom stereocenters. The van der Waals surface area contributed by atoms with Gasteiger partial charge in [-0.1, -0.05) is 24.9 Å². The molecule has 0 amide bonds. The van der Waals surface area contributed by atoms with E-state index in [1.807, 2.05) is 70.8 Å². The van der Waals surface area contributed by atoms with Crippen LogP contribution in [-0.2, 0) is 25.7 Å². The topological polar surface area (TPSA) is 37.0 Å². The molecule has 65 heavy (non-hydrogen) atoms. The molecule has 2 N–H and O–H groups in total. The third-order valence-electron chi connectivity index (χ3n) is 13.1. The fourth-order valence-electron chi connectivity index (χ4n) is 9.10. The number of rotatable bonds is 24. The standard InChI is InChI=1S/C51H68N7S7/c1-9-58(29-27-56(8)35-58)28-17-41-33-47(65-51(41)45-13-12-44(63-45)50-39(19-31-60-50)16-23-57-26-25-55(7)34-57)43-11-10-42(62-43)46-32-40(14-20-52-4)49(64-46)37(3)61-36(2)48-38(18-30-59-48)15-22-54(6)24-21-53-5/h10-13,18-19,30-33,52-53H,2-3,9,14-17,20-29,34-35H2,1,4-8H3/q+1. The van der Waals surface area contributed by atoms with Gasteiger partial charge in [-0.25, -0.2) is 0 Å². The lowest BCUT2D eigenvalue weighted by Gasteiger charge is -2.32. The largest absolute Gasteiger partial charge is 0.319 e. The van der Waals surface area contributed by atoms with Gasteiger partial charge in [0.15, 0.2) is 0 Å². The molecular formula is C51H68N7S7+. The number of likely N-dealkylation sites (N-methyl/N-ethyl adjacent to an activating group) is 6. The third kappa shape index (κ3) is 12.1. The van der Waals surface area contributed by atoms with E-state index in [-0.39, 0.29) is 0 Å². The molecule has 348 valence electrons. The average Bonchev–Trinajstić information content (AvgIpc) is 4.16. The van der Waals surface area contributed by atoms with Gasteiger partial charge in [0.25, 0.3) is 0 Å². The highest BCUT2D eigenvalue weighted by molar-refractivity contribution is 8.16. The van der Waals surface area contributed by atoms with E-state index in [0.29, 0.717) is 0 Å². The first-order valence-corrected chi connectivity index (χ1v) is 29.0. The molecular weight excluding hydrogens is 935 g/mol. The van der Waals surface area contributed by atoms with Crippen molar-refractivity contribution in [2.75, 3.05) is 121 Å². The van der Waals surface area contributed by atoms with Crippen LogP contribution in [0.3, 0.4) is 0 Å². The zero-order chi connectivity index (χ0) is 45.5. The molecule has 2 saturated heterocycles. The molecule has 6 aromatic rings. The maximum absolute atomic E-state index is 4.67. The second kappa shape index (κ2) is 22.9. The zero-order valence-corrected chi connectivity index (χ0v) is 45.0. The number of nitrogens with one attached hydrogen (secondary N) is 2. The number of hydrogen-bond donors (Lipinski definition) is 2. The van der Waals surface area contributed by atoms with Crippen molar-refractivity contribution in [3.8, 4) is 39.0 Å².